The van der Waals surface area contributed by atoms with Crippen molar-refractivity contribution >= 4 is 27.9 Å². The molecular weight excluding hydrogens is 320 g/mol. The second kappa shape index (κ2) is 5.97. The van der Waals surface area contributed by atoms with E-state index in [0.29, 0.717) is 13.0 Å². The number of hydrogen-bond acceptors (Lipinski definition) is 3. The zero-order chi connectivity index (χ0) is 13.9. The molecule has 0 unspecified atom stereocenters. The smallest absolute Gasteiger partial charge is 0.221 e. The Bertz CT molecular complexity index is 557. The maximum absolute atomic E-state index is 11.3. The van der Waals surface area contributed by atoms with Crippen molar-refractivity contribution in [2.24, 2.45) is 0 Å². The molecule has 0 spiro atoms. The minimum Gasteiger partial charge on any atom is -0.489 e. The van der Waals surface area contributed by atoms with Gasteiger partial charge in [0, 0.05) is 42.6 Å². The van der Waals surface area contributed by atoms with Crippen molar-refractivity contribution in [3.8, 4) is 5.75 Å². The Labute approximate surface area is 126 Å². The van der Waals surface area contributed by atoms with Crippen LogP contribution in [-0.2, 0) is 4.79 Å². The average molecular weight is 337 g/mol. The lowest BCUT2D eigenvalue weighted by Gasteiger charge is -2.24. The predicted molar refractivity (Wildman–Crippen MR) is 81.7 cm³/mol. The summed E-state index contributed by atoms with van der Waals surface area (Å²) >= 11 is 3.48. The van der Waals surface area contributed by atoms with E-state index in [1.54, 1.807) is 0 Å². The van der Waals surface area contributed by atoms with E-state index in [0.717, 1.165) is 42.0 Å². The number of amides is 1. The van der Waals surface area contributed by atoms with Gasteiger partial charge in [-0.15, -0.1) is 0 Å². The molecule has 106 valence electrons. The SMILES string of the molecule is O=C1CCN(CC2=Cc3cc(Br)ccc3OC2)CCN1. The highest BCUT2D eigenvalue weighted by molar-refractivity contribution is 9.10. The first-order valence-corrected chi connectivity index (χ1v) is 7.61. The first-order chi connectivity index (χ1) is 9.70. The quantitative estimate of drug-likeness (QED) is 0.898. The first kappa shape index (κ1) is 13.6. The second-order valence-electron chi connectivity index (χ2n) is 5.15. The van der Waals surface area contributed by atoms with E-state index in [4.69, 9.17) is 4.74 Å². The Balaban J connectivity index is 1.70. The largest absolute Gasteiger partial charge is 0.489 e. The molecule has 0 atom stereocenters. The van der Waals surface area contributed by atoms with Gasteiger partial charge in [0.2, 0.25) is 5.91 Å². The molecule has 0 radical (unpaired) electrons. The van der Waals surface area contributed by atoms with Crippen LogP contribution in [0.3, 0.4) is 0 Å². The van der Waals surface area contributed by atoms with E-state index in [2.05, 4.69) is 38.3 Å². The lowest BCUT2D eigenvalue weighted by Crippen LogP contribution is -2.31. The monoisotopic (exact) mass is 336 g/mol. The van der Waals surface area contributed by atoms with Gasteiger partial charge < -0.3 is 10.1 Å². The Morgan fingerprint density at radius 1 is 1.35 bits per heavy atom. The maximum Gasteiger partial charge on any atom is 0.221 e. The number of fused-ring (bicyclic) bond motifs is 1. The van der Waals surface area contributed by atoms with E-state index in [1.165, 1.54) is 5.57 Å². The molecule has 0 saturated carbocycles. The molecule has 1 amide bonds. The molecule has 5 heteroatoms. The normalized spacial score (nSPS) is 19.4. The number of nitrogens with one attached hydrogen (secondary N) is 1. The number of hydrogen-bond donors (Lipinski definition) is 1. The van der Waals surface area contributed by atoms with Crippen molar-refractivity contribution < 1.29 is 9.53 Å². The third kappa shape index (κ3) is 3.22. The predicted octanol–water partition coefficient (Wildman–Crippen LogP) is 2.05. The summed E-state index contributed by atoms with van der Waals surface area (Å²) in [6.07, 6.45) is 2.78. The van der Waals surface area contributed by atoms with Crippen LogP contribution in [0.2, 0.25) is 0 Å². The Hall–Kier alpha value is -1.33. The molecular formula is C15H17BrN2O2. The Morgan fingerprint density at radius 3 is 3.15 bits per heavy atom. The van der Waals surface area contributed by atoms with E-state index < -0.39 is 0 Å². The van der Waals surface area contributed by atoms with Crippen molar-refractivity contribution in [2.75, 3.05) is 32.8 Å². The van der Waals surface area contributed by atoms with Gasteiger partial charge in [-0.05, 0) is 29.8 Å². The zero-order valence-corrected chi connectivity index (χ0v) is 12.8. The summed E-state index contributed by atoms with van der Waals surface area (Å²) < 4.78 is 6.84. The van der Waals surface area contributed by atoms with Crippen molar-refractivity contribution in [3.63, 3.8) is 0 Å². The molecule has 1 saturated heterocycles. The number of halogens is 1. The molecule has 1 N–H and O–H groups in total. The van der Waals surface area contributed by atoms with E-state index in [1.807, 2.05) is 12.1 Å². The zero-order valence-electron chi connectivity index (χ0n) is 11.2. The van der Waals surface area contributed by atoms with E-state index >= 15 is 0 Å². The van der Waals surface area contributed by atoms with E-state index in [-0.39, 0.29) is 5.91 Å². The Morgan fingerprint density at radius 2 is 2.25 bits per heavy atom. The summed E-state index contributed by atoms with van der Waals surface area (Å²) in [5.41, 5.74) is 2.37. The van der Waals surface area contributed by atoms with Crippen LogP contribution in [-0.4, -0.2) is 43.6 Å². The molecule has 1 aromatic carbocycles. The molecule has 4 nitrogen and oxygen atoms in total. The van der Waals surface area contributed by atoms with Crippen LogP contribution >= 0.6 is 15.9 Å². The molecule has 2 aliphatic rings. The second-order valence-corrected chi connectivity index (χ2v) is 6.07. The average Bonchev–Trinajstić information content (AvgIpc) is 2.63. The highest BCUT2D eigenvalue weighted by Gasteiger charge is 2.17. The van der Waals surface area contributed by atoms with Crippen molar-refractivity contribution in [1.82, 2.24) is 10.2 Å². The summed E-state index contributed by atoms with van der Waals surface area (Å²) in [6, 6.07) is 6.05. The van der Waals surface area contributed by atoms with Crippen molar-refractivity contribution in [1.29, 1.82) is 0 Å². The molecule has 20 heavy (non-hydrogen) atoms. The first-order valence-electron chi connectivity index (χ1n) is 6.81. The van der Waals surface area contributed by atoms with Crippen LogP contribution in [0.15, 0.2) is 28.2 Å². The summed E-state index contributed by atoms with van der Waals surface area (Å²) in [7, 11) is 0. The Kier molecular flexibility index (Phi) is 4.08. The number of carbonyl (C=O) groups is 1. The summed E-state index contributed by atoms with van der Waals surface area (Å²) in [6.45, 7) is 3.94. The van der Waals surface area contributed by atoms with Gasteiger partial charge in [-0.1, -0.05) is 15.9 Å². The van der Waals surface area contributed by atoms with Crippen LogP contribution in [0.4, 0.5) is 0 Å². The molecule has 0 bridgehead atoms. The lowest BCUT2D eigenvalue weighted by atomic mass is 10.1. The van der Waals surface area contributed by atoms with Gasteiger partial charge in [0.25, 0.3) is 0 Å². The highest BCUT2D eigenvalue weighted by atomic mass is 79.9. The fourth-order valence-electron chi connectivity index (χ4n) is 2.55. The minimum atomic E-state index is 0.149. The number of benzene rings is 1. The summed E-state index contributed by atoms with van der Waals surface area (Å²) in [5.74, 6) is 1.08. The van der Waals surface area contributed by atoms with E-state index in [9.17, 15) is 4.79 Å². The summed E-state index contributed by atoms with van der Waals surface area (Å²) in [5, 5.41) is 2.90. The topological polar surface area (TPSA) is 41.6 Å². The fraction of sp³-hybridized carbons (Fsp3) is 0.400. The van der Waals surface area contributed by atoms with Gasteiger partial charge in [0.15, 0.2) is 0 Å². The third-order valence-corrected chi connectivity index (χ3v) is 4.07. The highest BCUT2D eigenvalue weighted by Crippen LogP contribution is 2.29. The maximum atomic E-state index is 11.3. The molecule has 0 aliphatic carbocycles. The molecule has 2 heterocycles. The molecule has 1 fully saturated rings. The number of rotatable bonds is 2. The van der Waals surface area contributed by atoms with Crippen LogP contribution < -0.4 is 10.1 Å². The van der Waals surface area contributed by atoms with Crippen LogP contribution in [0.5, 0.6) is 5.75 Å². The third-order valence-electron chi connectivity index (χ3n) is 3.58. The lowest BCUT2D eigenvalue weighted by molar-refractivity contribution is -0.120. The van der Waals surface area contributed by atoms with Gasteiger partial charge in [-0.25, -0.2) is 0 Å². The molecule has 2 aliphatic heterocycles. The number of ether oxygens (including phenoxy) is 1. The van der Waals surface area contributed by atoms with Gasteiger partial charge in [0.05, 0.1) is 0 Å². The van der Waals surface area contributed by atoms with Crippen molar-refractivity contribution in [2.45, 2.75) is 6.42 Å². The van der Waals surface area contributed by atoms with Crippen molar-refractivity contribution in [3.05, 3.63) is 33.8 Å². The van der Waals surface area contributed by atoms with Crippen LogP contribution in [0.25, 0.3) is 6.08 Å². The van der Waals surface area contributed by atoms with Gasteiger partial charge in [-0.2, -0.15) is 0 Å². The fourth-order valence-corrected chi connectivity index (χ4v) is 2.92. The standard InChI is InChI=1S/C15H17BrN2O2/c16-13-1-2-14-12(8-13)7-11(10-20-14)9-18-5-3-15(19)17-4-6-18/h1-2,7-8H,3-6,9-10H2,(H,17,19). The summed E-state index contributed by atoms with van der Waals surface area (Å²) in [4.78, 5) is 13.6. The number of carbonyl (C=O) groups excluding carboxylic acids is 1. The molecule has 3 rings (SSSR count). The van der Waals surface area contributed by atoms with Gasteiger partial charge in [-0.3, -0.25) is 9.69 Å². The molecule has 1 aromatic rings. The van der Waals surface area contributed by atoms with Crippen LogP contribution in [0.1, 0.15) is 12.0 Å². The number of nitrogens with zero attached hydrogens (tertiary/aromatic N) is 1. The molecule has 0 aromatic heterocycles. The van der Waals surface area contributed by atoms with Gasteiger partial charge in [0.1, 0.15) is 12.4 Å². The van der Waals surface area contributed by atoms with Crippen LogP contribution in [0, 0.1) is 0 Å². The van der Waals surface area contributed by atoms with Gasteiger partial charge >= 0.3 is 0 Å². The minimum absolute atomic E-state index is 0.149.